The monoisotopic (exact) mass is 537 g/mol. The molecule has 0 amide bonds. The van der Waals surface area contributed by atoms with E-state index in [9.17, 15) is 10.2 Å². The van der Waals surface area contributed by atoms with Crippen molar-refractivity contribution in [2.75, 3.05) is 5.32 Å². The van der Waals surface area contributed by atoms with Gasteiger partial charge in [0.2, 0.25) is 5.88 Å². The lowest BCUT2D eigenvalue weighted by molar-refractivity contribution is 0.00000572. The SMILES string of the molecule is Cc1ccc(-n2nc(C)c(NC(c3cccc(C4CCCC(c5nnn[nH]5)C4)c3O)C(C)(F)F)c2O)cc1C. The Bertz CT molecular complexity index is 1460. The van der Waals surface area contributed by atoms with E-state index in [0.29, 0.717) is 29.2 Å². The minimum Gasteiger partial charge on any atom is -0.507 e. The van der Waals surface area contributed by atoms with Crippen LogP contribution in [0.1, 0.15) is 84.3 Å². The number of H-pyrrole nitrogens is 1. The number of nitrogens with one attached hydrogen (secondary N) is 2. The molecule has 0 radical (unpaired) electrons. The molecule has 2 heterocycles. The number of aromatic amines is 1. The number of aromatic hydroxyl groups is 2. The first-order valence-corrected chi connectivity index (χ1v) is 13.1. The third-order valence-electron chi connectivity index (χ3n) is 7.84. The van der Waals surface area contributed by atoms with Crippen molar-refractivity contribution < 1.29 is 19.0 Å². The molecule has 0 bridgehead atoms. The molecular formula is C28H33F2N7O2. The molecule has 1 saturated carbocycles. The standard InChI is InChI=1S/C28H33F2N7O2/c1-15-11-12-20(13-16(15)2)37-27(39)23(17(3)34-37)31-25(28(4,29)30)22-10-6-9-21(24(22)38)18-7-5-8-19(14-18)26-32-35-36-33-26/h6,9-13,18-19,25,31,38-39H,5,7-8,14H2,1-4H3,(H,32,33,35,36). The van der Waals surface area contributed by atoms with E-state index in [4.69, 9.17) is 0 Å². The maximum Gasteiger partial charge on any atom is 0.269 e. The lowest BCUT2D eigenvalue weighted by Crippen LogP contribution is -2.29. The minimum absolute atomic E-state index is 0.0393. The molecule has 2 aromatic heterocycles. The third-order valence-corrected chi connectivity index (χ3v) is 7.84. The fourth-order valence-electron chi connectivity index (χ4n) is 5.55. The second-order valence-electron chi connectivity index (χ2n) is 10.6. The van der Waals surface area contributed by atoms with E-state index < -0.39 is 12.0 Å². The maximum absolute atomic E-state index is 15.1. The molecule has 39 heavy (non-hydrogen) atoms. The Balaban J connectivity index is 1.48. The van der Waals surface area contributed by atoms with E-state index in [1.807, 2.05) is 32.0 Å². The lowest BCUT2D eigenvalue weighted by atomic mass is 9.76. The van der Waals surface area contributed by atoms with Gasteiger partial charge < -0.3 is 15.5 Å². The molecule has 3 unspecified atom stereocenters. The molecule has 0 spiro atoms. The summed E-state index contributed by atoms with van der Waals surface area (Å²) in [6.07, 6.45) is 3.32. The molecule has 0 saturated heterocycles. The van der Waals surface area contributed by atoms with Gasteiger partial charge in [-0.05, 0) is 85.2 Å². The highest BCUT2D eigenvalue weighted by atomic mass is 19.3. The molecule has 4 aromatic rings. The Kier molecular flexibility index (Phi) is 7.00. The van der Waals surface area contributed by atoms with Crippen molar-refractivity contribution in [1.29, 1.82) is 0 Å². The molecule has 1 aliphatic carbocycles. The van der Waals surface area contributed by atoms with Gasteiger partial charge in [-0.15, -0.1) is 5.10 Å². The molecule has 206 valence electrons. The fourth-order valence-corrected chi connectivity index (χ4v) is 5.55. The first-order valence-electron chi connectivity index (χ1n) is 13.1. The number of hydrogen-bond acceptors (Lipinski definition) is 7. The largest absolute Gasteiger partial charge is 0.507 e. The van der Waals surface area contributed by atoms with Crippen molar-refractivity contribution in [3.05, 3.63) is 70.2 Å². The van der Waals surface area contributed by atoms with Crippen molar-refractivity contribution in [2.24, 2.45) is 0 Å². The van der Waals surface area contributed by atoms with Gasteiger partial charge >= 0.3 is 0 Å². The zero-order chi connectivity index (χ0) is 27.9. The average molecular weight is 538 g/mol. The van der Waals surface area contributed by atoms with Gasteiger partial charge in [0.1, 0.15) is 17.5 Å². The third kappa shape index (κ3) is 5.17. The molecule has 11 heteroatoms. The van der Waals surface area contributed by atoms with Crippen LogP contribution in [-0.2, 0) is 0 Å². The number of benzene rings is 2. The number of alkyl halides is 2. The van der Waals surface area contributed by atoms with Crippen LogP contribution in [0.2, 0.25) is 0 Å². The van der Waals surface area contributed by atoms with Crippen LogP contribution in [0.25, 0.3) is 5.69 Å². The number of anilines is 1. The number of phenolic OH excluding ortho intramolecular Hbond substituents is 1. The minimum atomic E-state index is -3.28. The summed E-state index contributed by atoms with van der Waals surface area (Å²) in [6.45, 7) is 6.37. The smallest absolute Gasteiger partial charge is 0.269 e. The Labute approximate surface area is 225 Å². The van der Waals surface area contributed by atoms with Crippen molar-refractivity contribution in [3.8, 4) is 17.3 Å². The van der Waals surface area contributed by atoms with Gasteiger partial charge in [0.15, 0.2) is 5.82 Å². The van der Waals surface area contributed by atoms with Gasteiger partial charge in [0, 0.05) is 18.4 Å². The molecule has 9 nitrogen and oxygen atoms in total. The summed E-state index contributed by atoms with van der Waals surface area (Å²) in [5, 5.41) is 43.8. The summed E-state index contributed by atoms with van der Waals surface area (Å²) >= 11 is 0. The molecule has 2 aromatic carbocycles. The van der Waals surface area contributed by atoms with Crippen LogP contribution >= 0.6 is 0 Å². The number of hydrogen-bond donors (Lipinski definition) is 4. The lowest BCUT2D eigenvalue weighted by Gasteiger charge is -2.31. The fraction of sp³-hybridized carbons (Fsp3) is 0.429. The molecule has 3 atom stereocenters. The normalized spacial score (nSPS) is 18.7. The number of para-hydroxylation sites is 1. The average Bonchev–Trinajstić information content (AvgIpc) is 3.53. The summed E-state index contributed by atoms with van der Waals surface area (Å²) < 4.78 is 31.6. The number of aromatic nitrogens is 6. The first-order chi connectivity index (χ1) is 18.5. The number of tetrazole rings is 1. The Morgan fingerprint density at radius 3 is 2.54 bits per heavy atom. The number of phenols is 1. The zero-order valence-corrected chi connectivity index (χ0v) is 22.4. The maximum atomic E-state index is 15.1. The molecular weight excluding hydrogens is 504 g/mol. The van der Waals surface area contributed by atoms with Crippen LogP contribution in [0.15, 0.2) is 36.4 Å². The van der Waals surface area contributed by atoms with Gasteiger partial charge in [-0.25, -0.2) is 13.9 Å². The second kappa shape index (κ2) is 10.3. The van der Waals surface area contributed by atoms with Crippen LogP contribution in [0.5, 0.6) is 11.6 Å². The van der Waals surface area contributed by atoms with Crippen LogP contribution in [0, 0.1) is 20.8 Å². The van der Waals surface area contributed by atoms with E-state index in [0.717, 1.165) is 37.3 Å². The van der Waals surface area contributed by atoms with E-state index in [-0.39, 0.29) is 34.7 Å². The van der Waals surface area contributed by atoms with E-state index in [1.165, 1.54) is 10.7 Å². The van der Waals surface area contributed by atoms with Gasteiger partial charge in [-0.2, -0.15) is 9.78 Å². The van der Waals surface area contributed by atoms with Crippen LogP contribution in [0.3, 0.4) is 0 Å². The molecule has 1 fully saturated rings. The van der Waals surface area contributed by atoms with E-state index in [1.54, 1.807) is 19.1 Å². The predicted octanol–water partition coefficient (Wildman–Crippen LogP) is 5.97. The van der Waals surface area contributed by atoms with Crippen LogP contribution < -0.4 is 5.32 Å². The number of nitrogens with zero attached hydrogens (tertiary/aromatic N) is 5. The Morgan fingerprint density at radius 2 is 1.85 bits per heavy atom. The summed E-state index contributed by atoms with van der Waals surface area (Å²) in [5.74, 6) is -2.98. The first kappa shape index (κ1) is 26.6. The number of aryl methyl sites for hydroxylation is 3. The van der Waals surface area contributed by atoms with Crippen molar-refractivity contribution in [3.63, 3.8) is 0 Å². The zero-order valence-electron chi connectivity index (χ0n) is 22.4. The van der Waals surface area contributed by atoms with Crippen molar-refractivity contribution >= 4 is 5.69 Å². The number of halogens is 2. The Hall–Kier alpha value is -4.02. The molecule has 4 N–H and O–H groups in total. The second-order valence-corrected chi connectivity index (χ2v) is 10.6. The van der Waals surface area contributed by atoms with Gasteiger partial charge in [-0.3, -0.25) is 0 Å². The Morgan fingerprint density at radius 1 is 1.08 bits per heavy atom. The quantitative estimate of drug-likeness (QED) is 0.229. The topological polar surface area (TPSA) is 125 Å². The molecule has 0 aliphatic heterocycles. The summed E-state index contributed by atoms with van der Waals surface area (Å²) in [5.41, 5.74) is 3.83. The molecule has 5 rings (SSSR count). The predicted molar refractivity (Wildman–Crippen MR) is 143 cm³/mol. The summed E-state index contributed by atoms with van der Waals surface area (Å²) in [7, 11) is 0. The van der Waals surface area contributed by atoms with E-state index in [2.05, 4.69) is 31.0 Å². The van der Waals surface area contributed by atoms with Crippen molar-refractivity contribution in [1.82, 2.24) is 30.4 Å². The van der Waals surface area contributed by atoms with Crippen LogP contribution in [0.4, 0.5) is 14.5 Å². The highest BCUT2D eigenvalue weighted by Gasteiger charge is 2.40. The molecule has 1 aliphatic rings. The van der Waals surface area contributed by atoms with E-state index >= 15 is 8.78 Å². The highest BCUT2D eigenvalue weighted by Crippen LogP contribution is 2.47. The highest BCUT2D eigenvalue weighted by molar-refractivity contribution is 5.61. The van der Waals surface area contributed by atoms with Crippen molar-refractivity contribution in [2.45, 2.75) is 77.2 Å². The van der Waals surface area contributed by atoms with Gasteiger partial charge in [0.25, 0.3) is 5.92 Å². The number of rotatable bonds is 7. The van der Waals surface area contributed by atoms with Gasteiger partial charge in [-0.1, -0.05) is 30.7 Å². The summed E-state index contributed by atoms with van der Waals surface area (Å²) in [4.78, 5) is 0. The summed E-state index contributed by atoms with van der Waals surface area (Å²) in [6, 6.07) is 8.96. The van der Waals surface area contributed by atoms with Gasteiger partial charge in [0.05, 0.1) is 11.4 Å². The van der Waals surface area contributed by atoms with Crippen LogP contribution in [-0.4, -0.2) is 46.5 Å².